The molecule has 140 valence electrons. The summed E-state index contributed by atoms with van der Waals surface area (Å²) in [5.41, 5.74) is 0.462. The fraction of sp³-hybridized carbons (Fsp3) is 0.625. The van der Waals surface area contributed by atoms with Gasteiger partial charge in [-0.15, -0.1) is 0 Å². The van der Waals surface area contributed by atoms with Gasteiger partial charge in [-0.1, -0.05) is 20.1 Å². The number of ether oxygens (including phenoxy) is 1. The van der Waals surface area contributed by atoms with Crippen molar-refractivity contribution in [2.24, 2.45) is 0 Å². The Labute approximate surface area is 145 Å². The molecule has 0 aliphatic carbocycles. The molecule has 0 spiro atoms. The Morgan fingerprint density at radius 1 is 1.38 bits per heavy atom. The van der Waals surface area contributed by atoms with Crippen molar-refractivity contribution in [3.8, 4) is 0 Å². The van der Waals surface area contributed by atoms with Crippen LogP contribution >= 0.6 is 0 Å². The smallest absolute Gasteiger partial charge is 0.333 e. The van der Waals surface area contributed by atoms with E-state index in [2.05, 4.69) is 17.3 Å². The molecule has 1 saturated heterocycles. The highest BCUT2D eigenvalue weighted by atomic mass is 32.2. The number of likely N-dealkylation sites (tertiary alicyclic amines) is 1. The summed E-state index contributed by atoms with van der Waals surface area (Å²) in [6, 6.07) is 0. The zero-order chi connectivity index (χ0) is 19.2. The summed E-state index contributed by atoms with van der Waals surface area (Å²) < 4.78 is 28.9. The molecule has 0 aromatic heterocycles. The molecule has 8 heteroatoms. The Bertz CT molecular complexity index is 513. The predicted molar refractivity (Wildman–Crippen MR) is 93.7 cm³/mol. The van der Waals surface area contributed by atoms with Crippen LogP contribution in [0.1, 0.15) is 40.0 Å². The van der Waals surface area contributed by atoms with Crippen LogP contribution in [0.15, 0.2) is 24.9 Å². The summed E-state index contributed by atoms with van der Waals surface area (Å²) in [5.74, 6) is -0.0862. The Morgan fingerprint density at radius 2 is 1.96 bits per heavy atom. The maximum absolute atomic E-state index is 10.7. The lowest BCUT2D eigenvalue weighted by Gasteiger charge is -2.05. The van der Waals surface area contributed by atoms with Gasteiger partial charge in [-0.3, -0.25) is 8.98 Å². The lowest BCUT2D eigenvalue weighted by atomic mass is 10.4. The number of carbonyl (C=O) groups is 2. The second-order valence-electron chi connectivity index (χ2n) is 4.90. The minimum atomic E-state index is -3.17. The highest BCUT2D eigenvalue weighted by Crippen LogP contribution is 2.08. The third-order valence-corrected chi connectivity index (χ3v) is 3.11. The fourth-order valence-corrected chi connectivity index (χ4v) is 1.82. The molecule has 1 aliphatic rings. The Balaban J connectivity index is 0. The molecule has 24 heavy (non-hydrogen) atoms. The van der Waals surface area contributed by atoms with Crippen LogP contribution in [0.4, 0.5) is 0 Å². The summed E-state index contributed by atoms with van der Waals surface area (Å²) in [5, 5.41) is 0. The van der Waals surface area contributed by atoms with E-state index < -0.39 is 10.1 Å². The molecule has 0 aromatic rings. The molecular formula is C16H29NO6S. The van der Waals surface area contributed by atoms with Crippen molar-refractivity contribution in [3.63, 3.8) is 0 Å². The summed E-state index contributed by atoms with van der Waals surface area (Å²) in [6.45, 7) is 13.7. The molecule has 0 atom stereocenters. The van der Waals surface area contributed by atoms with Crippen molar-refractivity contribution < 1.29 is 26.9 Å². The van der Waals surface area contributed by atoms with E-state index in [4.69, 9.17) is 4.74 Å². The van der Waals surface area contributed by atoms with Gasteiger partial charge >= 0.3 is 5.97 Å². The highest BCUT2D eigenvalue weighted by molar-refractivity contribution is 7.85. The lowest BCUT2D eigenvalue weighted by Crippen LogP contribution is -2.16. The summed E-state index contributed by atoms with van der Waals surface area (Å²) in [7, 11) is -3.17. The Kier molecular flexibility index (Phi) is 14.1. The molecule has 0 unspecified atom stereocenters. The van der Waals surface area contributed by atoms with Crippen molar-refractivity contribution in [1.29, 1.82) is 0 Å². The van der Waals surface area contributed by atoms with E-state index >= 15 is 0 Å². The zero-order valence-electron chi connectivity index (χ0n) is 15.0. The van der Waals surface area contributed by atoms with Gasteiger partial charge in [0.05, 0.1) is 19.5 Å². The molecule has 0 N–H and O–H groups in total. The Morgan fingerprint density at radius 3 is 2.17 bits per heavy atom. The fourth-order valence-electron chi connectivity index (χ4n) is 1.39. The largest absolute Gasteiger partial charge is 0.462 e. The van der Waals surface area contributed by atoms with Crippen LogP contribution in [-0.4, -0.2) is 51.2 Å². The van der Waals surface area contributed by atoms with Crippen LogP contribution in [0.5, 0.6) is 0 Å². The van der Waals surface area contributed by atoms with E-state index in [9.17, 15) is 18.0 Å². The number of esters is 1. The summed E-state index contributed by atoms with van der Waals surface area (Å²) in [6.07, 6.45) is 5.17. The van der Waals surface area contributed by atoms with Gasteiger partial charge in [0, 0.05) is 18.5 Å². The van der Waals surface area contributed by atoms with Crippen LogP contribution in [0, 0.1) is 0 Å². The summed E-state index contributed by atoms with van der Waals surface area (Å²) in [4.78, 5) is 22.9. The molecule has 7 nitrogen and oxygen atoms in total. The second kappa shape index (κ2) is 13.7. The molecule has 0 bridgehead atoms. The van der Waals surface area contributed by atoms with Crippen LogP contribution < -0.4 is 0 Å². The van der Waals surface area contributed by atoms with Crippen molar-refractivity contribution >= 4 is 22.0 Å². The summed E-state index contributed by atoms with van der Waals surface area (Å²) >= 11 is 0. The number of carbonyl (C=O) groups excluding carboxylic acids is 2. The quantitative estimate of drug-likeness (QED) is 0.408. The van der Waals surface area contributed by atoms with E-state index in [0.29, 0.717) is 18.6 Å². The number of amides is 1. The molecule has 1 aliphatic heterocycles. The van der Waals surface area contributed by atoms with Crippen LogP contribution in [0.2, 0.25) is 0 Å². The predicted octanol–water partition coefficient (Wildman–Crippen LogP) is 2.25. The van der Waals surface area contributed by atoms with Crippen LogP contribution in [0.25, 0.3) is 0 Å². The third-order valence-electron chi connectivity index (χ3n) is 2.45. The molecule has 0 radical (unpaired) electrons. The molecule has 1 heterocycles. The van der Waals surface area contributed by atoms with Crippen LogP contribution in [0.3, 0.4) is 0 Å². The standard InChI is InChI=1S/C7H12O2.C6H9NO.C3H8O3S/c1-4-5-9-7(8)6(2)3;1-2-7-5-3-4-6(7)8;1-3-6-7(2,4)5/h2,4-5H2,1,3H3;2H,1,3-5H2;3H2,1-2H3. The normalized spacial score (nSPS) is 13.2. The molecule has 1 rings (SSSR count). The van der Waals surface area contributed by atoms with Gasteiger partial charge in [-0.2, -0.15) is 8.42 Å². The molecule has 0 aromatic carbocycles. The SMILES string of the molecule is C=C(C)C(=O)OCCC.C=CN1CCCC1=O.CCOS(C)(=O)=O. The van der Waals surface area contributed by atoms with Gasteiger partial charge in [0.25, 0.3) is 10.1 Å². The average Bonchev–Trinajstić information content (AvgIpc) is 2.90. The molecule has 0 saturated carbocycles. The van der Waals surface area contributed by atoms with E-state index in [1.165, 1.54) is 0 Å². The van der Waals surface area contributed by atoms with E-state index in [1.54, 1.807) is 24.9 Å². The topological polar surface area (TPSA) is 90.0 Å². The molecule has 1 fully saturated rings. The van der Waals surface area contributed by atoms with Gasteiger partial charge < -0.3 is 9.64 Å². The molecule has 1 amide bonds. The maximum atomic E-state index is 10.7. The third kappa shape index (κ3) is 15.2. The highest BCUT2D eigenvalue weighted by Gasteiger charge is 2.16. The van der Waals surface area contributed by atoms with E-state index in [0.717, 1.165) is 25.6 Å². The van der Waals surface area contributed by atoms with Gasteiger partial charge in [0.15, 0.2) is 0 Å². The number of hydrogen-bond donors (Lipinski definition) is 0. The molecular weight excluding hydrogens is 334 g/mol. The van der Waals surface area contributed by atoms with E-state index in [1.807, 2.05) is 6.92 Å². The average molecular weight is 363 g/mol. The monoisotopic (exact) mass is 363 g/mol. The van der Waals surface area contributed by atoms with Gasteiger partial charge in [-0.05, 0) is 32.9 Å². The first-order chi connectivity index (χ1) is 11.1. The number of hydrogen-bond acceptors (Lipinski definition) is 6. The zero-order valence-corrected chi connectivity index (χ0v) is 15.9. The van der Waals surface area contributed by atoms with E-state index in [-0.39, 0.29) is 18.5 Å². The number of rotatable bonds is 6. The van der Waals surface area contributed by atoms with Crippen molar-refractivity contribution in [2.75, 3.05) is 26.0 Å². The van der Waals surface area contributed by atoms with Crippen molar-refractivity contribution in [1.82, 2.24) is 4.90 Å². The second-order valence-corrected chi connectivity index (χ2v) is 6.54. The van der Waals surface area contributed by atoms with Crippen molar-refractivity contribution in [2.45, 2.75) is 40.0 Å². The number of nitrogens with zero attached hydrogens (tertiary/aromatic N) is 1. The minimum Gasteiger partial charge on any atom is -0.462 e. The lowest BCUT2D eigenvalue weighted by molar-refractivity contribution is -0.138. The van der Waals surface area contributed by atoms with Crippen LogP contribution in [-0.2, 0) is 28.6 Å². The van der Waals surface area contributed by atoms with Crippen molar-refractivity contribution in [3.05, 3.63) is 24.9 Å². The van der Waals surface area contributed by atoms with Gasteiger partial charge in [0.1, 0.15) is 0 Å². The Hall–Kier alpha value is -1.67. The van der Waals surface area contributed by atoms with Gasteiger partial charge in [0.2, 0.25) is 5.91 Å². The minimum absolute atomic E-state index is 0.208. The first-order valence-corrected chi connectivity index (χ1v) is 9.49. The maximum Gasteiger partial charge on any atom is 0.333 e. The first kappa shape index (κ1) is 24.6. The van der Waals surface area contributed by atoms with Gasteiger partial charge in [-0.25, -0.2) is 4.79 Å². The first-order valence-electron chi connectivity index (χ1n) is 7.68.